The molecule has 5 nitrogen and oxygen atoms in total. The summed E-state index contributed by atoms with van der Waals surface area (Å²) in [6.45, 7) is 3.88. The second-order valence-corrected chi connectivity index (χ2v) is 8.71. The Morgan fingerprint density at radius 3 is 2.74 bits per heavy atom. The Bertz CT molecular complexity index is 1140. The van der Waals surface area contributed by atoms with Crippen LogP contribution in [0.4, 0.5) is 5.13 Å². The number of aryl methyl sites for hydroxylation is 2. The Balaban J connectivity index is 1.68. The van der Waals surface area contributed by atoms with Crippen molar-refractivity contribution in [2.24, 2.45) is 0 Å². The van der Waals surface area contributed by atoms with Crippen molar-refractivity contribution in [2.45, 2.75) is 18.9 Å². The molecule has 4 aromatic rings. The zero-order valence-electron chi connectivity index (χ0n) is 14.9. The molecule has 0 spiro atoms. The summed E-state index contributed by atoms with van der Waals surface area (Å²) in [5.74, 6) is 0.421. The summed E-state index contributed by atoms with van der Waals surface area (Å²) in [5, 5.41) is 6.15. The minimum absolute atomic E-state index is 0.231. The monoisotopic (exact) mass is 412 g/mol. The van der Waals surface area contributed by atoms with Crippen LogP contribution in [0.1, 0.15) is 21.6 Å². The van der Waals surface area contributed by atoms with Crippen molar-refractivity contribution in [2.75, 3.05) is 11.6 Å². The number of rotatable bonds is 4. The number of amides is 1. The number of anilines is 1. The lowest BCUT2D eigenvalue weighted by Gasteiger charge is -2.10. The van der Waals surface area contributed by atoms with E-state index < -0.39 is 0 Å². The van der Waals surface area contributed by atoms with Crippen LogP contribution in [0.2, 0.25) is 0 Å². The number of thiazole rings is 1. The van der Waals surface area contributed by atoms with Gasteiger partial charge in [0.15, 0.2) is 11.0 Å². The average molecular weight is 413 g/mol. The molecule has 1 amide bonds. The van der Waals surface area contributed by atoms with Gasteiger partial charge in [-0.3, -0.25) is 10.1 Å². The van der Waals surface area contributed by atoms with Crippen LogP contribution >= 0.6 is 34.4 Å². The average Bonchev–Trinajstić information content (AvgIpc) is 3.29. The van der Waals surface area contributed by atoms with Gasteiger partial charge >= 0.3 is 0 Å². The molecule has 1 aromatic carbocycles. The molecule has 0 aliphatic rings. The second-order valence-electron chi connectivity index (χ2n) is 5.94. The number of nitrogens with one attached hydrogen (secondary N) is 1. The predicted octanol–water partition coefficient (Wildman–Crippen LogP) is 5.41. The van der Waals surface area contributed by atoms with Gasteiger partial charge in [0.2, 0.25) is 0 Å². The minimum atomic E-state index is -0.231. The van der Waals surface area contributed by atoms with Gasteiger partial charge in [-0.15, -0.1) is 23.1 Å². The molecule has 0 saturated heterocycles. The highest BCUT2D eigenvalue weighted by Crippen LogP contribution is 2.30. The number of carbonyl (C=O) groups excluding carboxylic acids is 1. The molecule has 3 heterocycles. The maximum atomic E-state index is 12.9. The van der Waals surface area contributed by atoms with Crippen molar-refractivity contribution >= 4 is 55.7 Å². The van der Waals surface area contributed by atoms with Gasteiger partial charge in [-0.05, 0) is 49.2 Å². The molecule has 0 aliphatic carbocycles. The predicted molar refractivity (Wildman–Crippen MR) is 114 cm³/mol. The van der Waals surface area contributed by atoms with E-state index in [1.165, 1.54) is 28.7 Å². The van der Waals surface area contributed by atoms with Gasteiger partial charge in [-0.25, -0.2) is 15.0 Å². The fourth-order valence-electron chi connectivity index (χ4n) is 2.72. The first-order valence-corrected chi connectivity index (χ1v) is 11.1. The molecule has 0 radical (unpaired) electrons. The number of thiophene rings is 1. The van der Waals surface area contributed by atoms with Crippen LogP contribution in [0, 0.1) is 13.8 Å². The Kier molecular flexibility index (Phi) is 4.94. The Labute approximate surface area is 168 Å². The highest BCUT2D eigenvalue weighted by atomic mass is 32.2. The maximum absolute atomic E-state index is 12.9. The van der Waals surface area contributed by atoms with E-state index in [1.54, 1.807) is 11.3 Å². The van der Waals surface area contributed by atoms with Crippen molar-refractivity contribution in [1.29, 1.82) is 0 Å². The van der Waals surface area contributed by atoms with Crippen LogP contribution in [-0.2, 0) is 0 Å². The molecule has 27 heavy (non-hydrogen) atoms. The third-order valence-corrected chi connectivity index (χ3v) is 6.46. The maximum Gasteiger partial charge on any atom is 0.262 e. The summed E-state index contributed by atoms with van der Waals surface area (Å²) in [6.07, 6.45) is 1.91. The van der Waals surface area contributed by atoms with Crippen molar-refractivity contribution in [1.82, 2.24) is 15.0 Å². The highest BCUT2D eigenvalue weighted by Gasteiger charge is 2.20. The second kappa shape index (κ2) is 7.38. The van der Waals surface area contributed by atoms with Gasteiger partial charge in [0, 0.05) is 0 Å². The smallest absolute Gasteiger partial charge is 0.262 e. The van der Waals surface area contributed by atoms with Gasteiger partial charge in [-0.2, -0.15) is 0 Å². The van der Waals surface area contributed by atoms with Crippen LogP contribution in [0.25, 0.3) is 20.9 Å². The molecule has 136 valence electrons. The number of hydrogen-bond acceptors (Lipinski definition) is 7. The molecule has 8 heteroatoms. The van der Waals surface area contributed by atoms with Gasteiger partial charge in [0.25, 0.3) is 5.91 Å². The number of fused-ring (bicyclic) bond motifs is 1. The van der Waals surface area contributed by atoms with Crippen molar-refractivity contribution in [3.05, 3.63) is 52.5 Å². The molecule has 0 unspecified atom stereocenters. The molecule has 1 N–H and O–H groups in total. The van der Waals surface area contributed by atoms with Crippen LogP contribution < -0.4 is 5.32 Å². The summed E-state index contributed by atoms with van der Waals surface area (Å²) in [6, 6.07) is 9.99. The molecule has 0 aliphatic heterocycles. The van der Waals surface area contributed by atoms with Crippen LogP contribution in [0.5, 0.6) is 0 Å². The van der Waals surface area contributed by atoms with Gasteiger partial charge in [0.1, 0.15) is 5.03 Å². The van der Waals surface area contributed by atoms with Crippen LogP contribution in [0.15, 0.2) is 40.7 Å². The van der Waals surface area contributed by atoms with Crippen molar-refractivity contribution in [3.8, 4) is 10.7 Å². The Morgan fingerprint density at radius 2 is 2.00 bits per heavy atom. The summed E-state index contributed by atoms with van der Waals surface area (Å²) in [7, 11) is 0. The lowest BCUT2D eigenvalue weighted by Crippen LogP contribution is -2.16. The number of aromatic nitrogens is 3. The van der Waals surface area contributed by atoms with E-state index >= 15 is 0 Å². The first-order chi connectivity index (χ1) is 13.0. The number of carbonyl (C=O) groups is 1. The third-order valence-electron chi connectivity index (χ3n) is 3.98. The molecule has 3 aromatic heterocycles. The first-order valence-electron chi connectivity index (χ1n) is 8.20. The fraction of sp³-hybridized carbons (Fsp3) is 0.158. The van der Waals surface area contributed by atoms with E-state index in [0.29, 0.717) is 27.2 Å². The Hall–Kier alpha value is -2.29. The summed E-state index contributed by atoms with van der Waals surface area (Å²) < 4.78 is 1.05. The van der Waals surface area contributed by atoms with Crippen molar-refractivity contribution < 1.29 is 4.79 Å². The minimum Gasteiger partial charge on any atom is -0.298 e. The molecule has 0 saturated carbocycles. The number of thioether (sulfide) groups is 1. The quantitative estimate of drug-likeness (QED) is 0.359. The van der Waals surface area contributed by atoms with Gasteiger partial charge < -0.3 is 0 Å². The highest BCUT2D eigenvalue weighted by molar-refractivity contribution is 7.98. The number of hydrogen-bond donors (Lipinski definition) is 1. The first kappa shape index (κ1) is 18.1. The lowest BCUT2D eigenvalue weighted by molar-refractivity contribution is 0.102. The largest absolute Gasteiger partial charge is 0.298 e. The zero-order valence-corrected chi connectivity index (χ0v) is 17.4. The van der Waals surface area contributed by atoms with Gasteiger partial charge in [-0.1, -0.05) is 23.5 Å². The number of benzene rings is 1. The van der Waals surface area contributed by atoms with Gasteiger partial charge in [0.05, 0.1) is 26.4 Å². The SMILES string of the molecule is CSc1nc(-c2cccs2)nc(C)c1C(=O)Nc1nc2ccc(C)cc2s1. The lowest BCUT2D eigenvalue weighted by atomic mass is 10.2. The Morgan fingerprint density at radius 1 is 1.15 bits per heavy atom. The standard InChI is InChI=1S/C19H16N4OS3/c1-10-6-7-12-14(9-10)27-19(21-12)23-17(24)15-11(2)20-16(22-18(15)25-3)13-5-4-8-26-13/h4-9H,1-3H3,(H,21,23,24). The summed E-state index contributed by atoms with van der Waals surface area (Å²) >= 11 is 4.49. The molecule has 4 rings (SSSR count). The van der Waals surface area contributed by atoms with E-state index in [-0.39, 0.29) is 5.91 Å². The molecule has 0 atom stereocenters. The van der Waals surface area contributed by atoms with E-state index in [1.807, 2.05) is 49.7 Å². The topological polar surface area (TPSA) is 67.8 Å². The van der Waals surface area contributed by atoms with Crippen LogP contribution in [-0.4, -0.2) is 27.1 Å². The zero-order chi connectivity index (χ0) is 19.0. The molecule has 0 fully saturated rings. The third kappa shape index (κ3) is 3.60. The molecule has 0 bridgehead atoms. The summed E-state index contributed by atoms with van der Waals surface area (Å²) in [5.41, 5.74) is 3.21. The number of nitrogens with zero attached hydrogens (tertiary/aromatic N) is 3. The summed E-state index contributed by atoms with van der Waals surface area (Å²) in [4.78, 5) is 27.6. The normalized spacial score (nSPS) is 11.1. The van der Waals surface area contributed by atoms with Crippen LogP contribution in [0.3, 0.4) is 0 Å². The van der Waals surface area contributed by atoms with E-state index in [0.717, 1.165) is 15.1 Å². The van der Waals surface area contributed by atoms with E-state index in [4.69, 9.17) is 0 Å². The van der Waals surface area contributed by atoms with E-state index in [9.17, 15) is 4.79 Å². The fourth-order valence-corrected chi connectivity index (χ4v) is 4.96. The molecular formula is C19H16N4OS3. The van der Waals surface area contributed by atoms with E-state index in [2.05, 4.69) is 26.3 Å². The van der Waals surface area contributed by atoms with Crippen molar-refractivity contribution in [3.63, 3.8) is 0 Å². The molecular weight excluding hydrogens is 396 g/mol.